The normalized spacial score (nSPS) is 10.8. The molecule has 0 aliphatic rings. The van der Waals surface area contributed by atoms with Gasteiger partial charge in [0.15, 0.2) is 18.1 Å². The highest BCUT2D eigenvalue weighted by molar-refractivity contribution is 5.77. The van der Waals surface area contributed by atoms with E-state index in [2.05, 4.69) is 20.6 Å². The van der Waals surface area contributed by atoms with Crippen LogP contribution < -0.4 is 19.5 Å². The summed E-state index contributed by atoms with van der Waals surface area (Å²) in [5.74, 6) is 2.09. The summed E-state index contributed by atoms with van der Waals surface area (Å²) in [5.41, 5.74) is 3.50. The number of nitrogens with one attached hydrogen (secondary N) is 1. The lowest BCUT2D eigenvalue weighted by atomic mass is 10.1. The fraction of sp³-hybridized carbons (Fsp3) is 0.250. The van der Waals surface area contributed by atoms with Gasteiger partial charge in [-0.1, -0.05) is 24.3 Å². The van der Waals surface area contributed by atoms with E-state index in [0.717, 1.165) is 16.7 Å². The van der Waals surface area contributed by atoms with E-state index in [4.69, 9.17) is 14.2 Å². The molecule has 0 bridgehead atoms. The number of carbonyl (C=O) groups excluding carboxylic acids is 1. The number of hydrogen-bond donors (Lipinski definition) is 1. The summed E-state index contributed by atoms with van der Waals surface area (Å²) >= 11 is 0. The van der Waals surface area contributed by atoms with Crippen molar-refractivity contribution >= 4 is 11.6 Å². The summed E-state index contributed by atoms with van der Waals surface area (Å²) in [6.45, 7) is 4.48. The molecule has 2 aromatic heterocycles. The number of carbonyl (C=O) groups is 1. The lowest BCUT2D eigenvalue weighted by molar-refractivity contribution is -0.123. The van der Waals surface area contributed by atoms with Crippen molar-refractivity contribution in [2.45, 2.75) is 13.8 Å². The second-order valence-corrected chi connectivity index (χ2v) is 7.35. The van der Waals surface area contributed by atoms with Gasteiger partial charge in [-0.2, -0.15) is 4.52 Å². The number of ether oxygens (including phenoxy) is 3. The summed E-state index contributed by atoms with van der Waals surface area (Å²) in [6, 6.07) is 16.8. The van der Waals surface area contributed by atoms with E-state index in [1.807, 2.05) is 56.3 Å². The third-order valence-corrected chi connectivity index (χ3v) is 5.17. The Morgan fingerprint density at radius 3 is 2.64 bits per heavy atom. The van der Waals surface area contributed by atoms with Gasteiger partial charge < -0.3 is 19.5 Å². The van der Waals surface area contributed by atoms with Gasteiger partial charge in [0.05, 0.1) is 19.2 Å². The number of aromatic nitrogens is 4. The maximum absolute atomic E-state index is 12.1. The number of methoxy groups -OCH3 is 1. The molecular weight excluding hydrogens is 422 g/mol. The van der Waals surface area contributed by atoms with Crippen LogP contribution in [0.2, 0.25) is 0 Å². The summed E-state index contributed by atoms with van der Waals surface area (Å²) < 4.78 is 18.3. The molecule has 0 unspecified atom stereocenters. The molecule has 0 aliphatic heterocycles. The van der Waals surface area contributed by atoms with Gasteiger partial charge >= 0.3 is 0 Å². The third kappa shape index (κ3) is 5.03. The van der Waals surface area contributed by atoms with Crippen LogP contribution in [0.15, 0.2) is 54.6 Å². The van der Waals surface area contributed by atoms with Crippen molar-refractivity contribution in [1.82, 2.24) is 25.1 Å². The van der Waals surface area contributed by atoms with Gasteiger partial charge in [-0.25, -0.2) is 0 Å². The van der Waals surface area contributed by atoms with E-state index in [9.17, 15) is 4.79 Å². The van der Waals surface area contributed by atoms with Crippen molar-refractivity contribution in [3.05, 3.63) is 65.7 Å². The zero-order valence-corrected chi connectivity index (χ0v) is 18.7. The molecular formula is C24H25N5O4. The van der Waals surface area contributed by atoms with Crippen LogP contribution in [0, 0.1) is 13.8 Å². The van der Waals surface area contributed by atoms with Crippen molar-refractivity contribution in [1.29, 1.82) is 0 Å². The number of nitrogens with zero attached hydrogens (tertiary/aromatic N) is 4. The Hall–Kier alpha value is -4.14. The third-order valence-electron chi connectivity index (χ3n) is 5.17. The van der Waals surface area contributed by atoms with Crippen LogP contribution in [-0.2, 0) is 4.79 Å². The fourth-order valence-electron chi connectivity index (χ4n) is 3.27. The van der Waals surface area contributed by atoms with Gasteiger partial charge in [0, 0.05) is 6.07 Å². The second kappa shape index (κ2) is 9.99. The second-order valence-electron chi connectivity index (χ2n) is 7.35. The smallest absolute Gasteiger partial charge is 0.258 e. The van der Waals surface area contributed by atoms with Crippen LogP contribution in [-0.4, -0.2) is 52.6 Å². The summed E-state index contributed by atoms with van der Waals surface area (Å²) in [6.07, 6.45) is 0. The predicted octanol–water partition coefficient (Wildman–Crippen LogP) is 2.99. The Morgan fingerprint density at radius 2 is 1.79 bits per heavy atom. The molecule has 4 aromatic rings. The molecule has 9 heteroatoms. The molecule has 0 saturated heterocycles. The van der Waals surface area contributed by atoms with Gasteiger partial charge in [-0.3, -0.25) is 4.79 Å². The van der Waals surface area contributed by atoms with Gasteiger partial charge in [0.2, 0.25) is 5.88 Å². The fourth-order valence-corrected chi connectivity index (χ4v) is 3.27. The maximum atomic E-state index is 12.1. The lowest BCUT2D eigenvalue weighted by Gasteiger charge is -2.11. The minimum absolute atomic E-state index is 0.0581. The molecule has 0 spiro atoms. The van der Waals surface area contributed by atoms with E-state index in [0.29, 0.717) is 35.4 Å². The van der Waals surface area contributed by atoms with Crippen LogP contribution in [0.3, 0.4) is 0 Å². The first-order valence-corrected chi connectivity index (χ1v) is 10.5. The molecule has 1 amide bonds. The largest absolute Gasteiger partial charge is 0.496 e. The van der Waals surface area contributed by atoms with Gasteiger partial charge in [0.1, 0.15) is 18.1 Å². The highest BCUT2D eigenvalue weighted by Crippen LogP contribution is 2.28. The first kappa shape index (κ1) is 22.1. The van der Waals surface area contributed by atoms with Crippen LogP contribution in [0.25, 0.3) is 17.0 Å². The molecule has 33 heavy (non-hydrogen) atoms. The number of hydrogen-bond acceptors (Lipinski definition) is 7. The van der Waals surface area contributed by atoms with E-state index in [-0.39, 0.29) is 19.1 Å². The Morgan fingerprint density at radius 1 is 0.970 bits per heavy atom. The summed E-state index contributed by atoms with van der Waals surface area (Å²) in [7, 11) is 1.60. The molecule has 2 aromatic carbocycles. The number of amides is 1. The Labute approximate surface area is 191 Å². The number of aryl methyl sites for hydroxylation is 1. The minimum atomic E-state index is -0.222. The van der Waals surface area contributed by atoms with Crippen molar-refractivity contribution in [2.24, 2.45) is 0 Å². The van der Waals surface area contributed by atoms with E-state index in [1.54, 1.807) is 23.8 Å². The van der Waals surface area contributed by atoms with Crippen molar-refractivity contribution in [3.63, 3.8) is 0 Å². The minimum Gasteiger partial charge on any atom is -0.496 e. The van der Waals surface area contributed by atoms with Crippen molar-refractivity contribution in [2.75, 3.05) is 26.9 Å². The highest BCUT2D eigenvalue weighted by Gasteiger charge is 2.14. The maximum Gasteiger partial charge on any atom is 0.258 e. The van der Waals surface area contributed by atoms with Gasteiger partial charge in [0.25, 0.3) is 5.91 Å². The monoisotopic (exact) mass is 447 g/mol. The molecule has 1 N–H and O–H groups in total. The number of benzene rings is 2. The molecule has 0 aliphatic carbocycles. The van der Waals surface area contributed by atoms with Crippen LogP contribution in [0.1, 0.15) is 11.1 Å². The molecule has 0 saturated carbocycles. The standard InChI is InChI=1S/C24H25N5O4/c1-16-7-6-10-19(17(16)2)33-15-22(30)25-13-14-32-23-12-11-21-26-27-24(29(21)28-23)18-8-4-5-9-20(18)31-3/h4-12H,13-15H2,1-3H3,(H,25,30). The number of para-hydroxylation sites is 1. The van der Waals surface area contributed by atoms with Gasteiger partial charge in [-0.05, 0) is 49.2 Å². The van der Waals surface area contributed by atoms with E-state index in [1.165, 1.54) is 0 Å². The Balaban J connectivity index is 1.32. The Kier molecular flexibility index (Phi) is 6.68. The van der Waals surface area contributed by atoms with Crippen LogP contribution in [0.5, 0.6) is 17.4 Å². The molecule has 170 valence electrons. The summed E-state index contributed by atoms with van der Waals surface area (Å²) in [5, 5.41) is 15.6. The predicted molar refractivity (Wildman–Crippen MR) is 123 cm³/mol. The quantitative estimate of drug-likeness (QED) is 0.394. The molecule has 0 atom stereocenters. The first-order valence-electron chi connectivity index (χ1n) is 10.5. The molecule has 9 nitrogen and oxygen atoms in total. The lowest BCUT2D eigenvalue weighted by Crippen LogP contribution is -2.32. The highest BCUT2D eigenvalue weighted by atomic mass is 16.5. The zero-order chi connectivity index (χ0) is 23.2. The van der Waals surface area contributed by atoms with E-state index >= 15 is 0 Å². The van der Waals surface area contributed by atoms with E-state index < -0.39 is 0 Å². The van der Waals surface area contributed by atoms with Crippen molar-refractivity contribution in [3.8, 4) is 28.8 Å². The molecule has 0 fully saturated rings. The van der Waals surface area contributed by atoms with Crippen molar-refractivity contribution < 1.29 is 19.0 Å². The number of fused-ring (bicyclic) bond motifs is 1. The van der Waals surface area contributed by atoms with Crippen LogP contribution >= 0.6 is 0 Å². The SMILES string of the molecule is COc1ccccc1-c1nnc2ccc(OCCNC(=O)COc3cccc(C)c3C)nn12. The molecule has 2 heterocycles. The average Bonchev–Trinajstić information content (AvgIpc) is 3.26. The average molecular weight is 447 g/mol. The molecule has 4 rings (SSSR count). The molecule has 0 radical (unpaired) electrons. The topological polar surface area (TPSA) is 99.9 Å². The summed E-state index contributed by atoms with van der Waals surface area (Å²) in [4.78, 5) is 12.1. The van der Waals surface area contributed by atoms with Crippen LogP contribution in [0.4, 0.5) is 0 Å². The number of rotatable bonds is 9. The van der Waals surface area contributed by atoms with Gasteiger partial charge in [-0.15, -0.1) is 15.3 Å². The first-order chi connectivity index (χ1) is 16.1. The Bertz CT molecular complexity index is 1270. The zero-order valence-electron chi connectivity index (χ0n) is 18.7.